The third-order valence-electron chi connectivity index (χ3n) is 4.25. The summed E-state index contributed by atoms with van der Waals surface area (Å²) in [5.74, 6) is -0.302. The molecule has 1 aliphatic heterocycles. The summed E-state index contributed by atoms with van der Waals surface area (Å²) in [4.78, 5) is 26.2. The smallest absolute Gasteiger partial charge is 0.306 e. The molecule has 0 aromatic heterocycles. The van der Waals surface area contributed by atoms with Gasteiger partial charge in [-0.3, -0.25) is 9.59 Å². The van der Waals surface area contributed by atoms with Crippen LogP contribution in [0.3, 0.4) is 0 Å². The molecular weight excluding hydrogens is 294 g/mol. The van der Waals surface area contributed by atoms with Crippen molar-refractivity contribution in [3.05, 3.63) is 35.4 Å². The zero-order chi connectivity index (χ0) is 16.7. The summed E-state index contributed by atoms with van der Waals surface area (Å²) in [6.07, 6.45) is 3.60. The molecule has 1 N–H and O–H groups in total. The van der Waals surface area contributed by atoms with Crippen LogP contribution in [0.5, 0.6) is 0 Å². The summed E-state index contributed by atoms with van der Waals surface area (Å²) in [6.45, 7) is 2.82. The molecule has 23 heavy (non-hydrogen) atoms. The number of benzene rings is 1. The van der Waals surface area contributed by atoms with E-state index in [9.17, 15) is 14.7 Å². The fraction of sp³-hybridized carbons (Fsp3) is 0.556. The van der Waals surface area contributed by atoms with Crippen LogP contribution in [0, 0.1) is 0 Å². The summed E-state index contributed by atoms with van der Waals surface area (Å²) >= 11 is 0. The average Bonchev–Trinajstić information content (AvgIpc) is 2.60. The van der Waals surface area contributed by atoms with Crippen LogP contribution in [0.4, 0.5) is 0 Å². The number of nitrogens with zero attached hydrogens (tertiary/aromatic N) is 1. The van der Waals surface area contributed by atoms with Crippen molar-refractivity contribution in [2.45, 2.75) is 45.1 Å². The van der Waals surface area contributed by atoms with E-state index >= 15 is 0 Å². The molecule has 0 saturated carbocycles. The molecule has 1 amide bonds. The van der Waals surface area contributed by atoms with E-state index in [1.165, 1.54) is 0 Å². The minimum atomic E-state index is -0.249. The first-order valence-electron chi connectivity index (χ1n) is 8.32. The highest BCUT2D eigenvalue weighted by molar-refractivity contribution is 5.96. The lowest BCUT2D eigenvalue weighted by Crippen LogP contribution is -2.45. The van der Waals surface area contributed by atoms with E-state index in [1.54, 1.807) is 17.9 Å². The average molecular weight is 319 g/mol. The highest BCUT2D eigenvalue weighted by Gasteiger charge is 2.28. The van der Waals surface area contributed by atoms with Gasteiger partial charge in [0, 0.05) is 18.5 Å². The largest absolute Gasteiger partial charge is 0.466 e. The number of amides is 1. The van der Waals surface area contributed by atoms with Crippen LogP contribution < -0.4 is 0 Å². The van der Waals surface area contributed by atoms with Crippen LogP contribution in [-0.4, -0.2) is 47.7 Å². The molecule has 0 unspecified atom stereocenters. The predicted molar refractivity (Wildman–Crippen MR) is 87.2 cm³/mol. The number of carbonyl (C=O) groups excluding carboxylic acids is 2. The SMILES string of the molecule is CCOC(=O)CCc1ccccc1C(=O)N1CCCC[C@H]1CO. The molecule has 126 valence electrons. The minimum Gasteiger partial charge on any atom is -0.466 e. The predicted octanol–water partition coefficient (Wildman–Crippen LogP) is 2.17. The number of hydrogen-bond donors (Lipinski definition) is 1. The molecule has 1 atom stereocenters. The molecular formula is C18H25NO4. The second kappa shape index (κ2) is 8.67. The topological polar surface area (TPSA) is 66.8 Å². The van der Waals surface area contributed by atoms with Gasteiger partial charge in [0.25, 0.3) is 5.91 Å². The molecule has 0 spiro atoms. The van der Waals surface area contributed by atoms with E-state index in [-0.39, 0.29) is 30.9 Å². The number of ether oxygens (including phenoxy) is 1. The quantitative estimate of drug-likeness (QED) is 0.816. The summed E-state index contributed by atoms with van der Waals surface area (Å²) in [5.41, 5.74) is 1.48. The van der Waals surface area contributed by atoms with Gasteiger partial charge < -0.3 is 14.7 Å². The standard InChI is InChI=1S/C18H25NO4/c1-2-23-17(21)11-10-14-7-3-4-9-16(14)18(22)19-12-6-5-8-15(19)13-20/h3-4,7,9,15,20H,2,5-6,8,10-13H2,1H3/t15-/m0/s1. The van der Waals surface area contributed by atoms with Crippen molar-refractivity contribution in [2.75, 3.05) is 19.8 Å². The van der Waals surface area contributed by atoms with Gasteiger partial charge in [0.1, 0.15) is 0 Å². The van der Waals surface area contributed by atoms with Crippen molar-refractivity contribution in [3.8, 4) is 0 Å². The molecule has 1 aromatic carbocycles. The van der Waals surface area contributed by atoms with Gasteiger partial charge in [-0.25, -0.2) is 0 Å². The lowest BCUT2D eigenvalue weighted by atomic mass is 9.98. The third kappa shape index (κ3) is 4.55. The number of carbonyl (C=O) groups is 2. The van der Waals surface area contributed by atoms with E-state index in [4.69, 9.17) is 4.74 Å². The fourth-order valence-corrected chi connectivity index (χ4v) is 3.03. The summed E-state index contributed by atoms with van der Waals surface area (Å²) in [5, 5.41) is 9.51. The third-order valence-corrected chi connectivity index (χ3v) is 4.25. The molecule has 0 radical (unpaired) electrons. The van der Waals surface area contributed by atoms with Gasteiger partial charge in [-0.05, 0) is 44.2 Å². The maximum Gasteiger partial charge on any atom is 0.306 e. The van der Waals surface area contributed by atoms with Crippen molar-refractivity contribution >= 4 is 11.9 Å². The number of aliphatic hydroxyl groups excluding tert-OH is 1. The van der Waals surface area contributed by atoms with Crippen LogP contribution in [0.15, 0.2) is 24.3 Å². The first kappa shape index (κ1) is 17.5. The number of likely N-dealkylation sites (tertiary alicyclic amines) is 1. The van der Waals surface area contributed by atoms with Gasteiger partial charge in [0.05, 0.1) is 19.3 Å². The molecule has 1 saturated heterocycles. The van der Waals surface area contributed by atoms with Crippen LogP contribution >= 0.6 is 0 Å². The maximum absolute atomic E-state index is 12.9. The Morgan fingerprint density at radius 3 is 2.83 bits per heavy atom. The zero-order valence-corrected chi connectivity index (χ0v) is 13.7. The Morgan fingerprint density at radius 2 is 2.09 bits per heavy atom. The molecule has 5 nitrogen and oxygen atoms in total. The Morgan fingerprint density at radius 1 is 1.30 bits per heavy atom. The van der Waals surface area contributed by atoms with Gasteiger partial charge >= 0.3 is 5.97 Å². The number of esters is 1. The lowest BCUT2D eigenvalue weighted by molar-refractivity contribution is -0.143. The summed E-state index contributed by atoms with van der Waals surface area (Å²) in [7, 11) is 0. The highest BCUT2D eigenvalue weighted by atomic mass is 16.5. The van der Waals surface area contributed by atoms with Gasteiger partial charge in [-0.1, -0.05) is 18.2 Å². The Hall–Kier alpha value is -1.88. The van der Waals surface area contributed by atoms with E-state index < -0.39 is 0 Å². The first-order valence-corrected chi connectivity index (χ1v) is 8.32. The van der Waals surface area contributed by atoms with Crippen molar-refractivity contribution in [1.82, 2.24) is 4.90 Å². The van der Waals surface area contributed by atoms with Crippen LogP contribution in [0.2, 0.25) is 0 Å². The van der Waals surface area contributed by atoms with Crippen LogP contribution in [0.25, 0.3) is 0 Å². The summed E-state index contributed by atoms with van der Waals surface area (Å²) < 4.78 is 4.95. The van der Waals surface area contributed by atoms with Crippen molar-refractivity contribution in [1.29, 1.82) is 0 Å². The van der Waals surface area contributed by atoms with Gasteiger partial charge in [0.15, 0.2) is 0 Å². The van der Waals surface area contributed by atoms with Crippen molar-refractivity contribution in [2.24, 2.45) is 0 Å². The van der Waals surface area contributed by atoms with Crippen LogP contribution in [0.1, 0.15) is 48.5 Å². The highest BCUT2D eigenvalue weighted by Crippen LogP contribution is 2.21. The second-order valence-electron chi connectivity index (χ2n) is 5.79. The van der Waals surface area contributed by atoms with Gasteiger partial charge in [0.2, 0.25) is 0 Å². The normalized spacial score (nSPS) is 17.8. The Labute approximate surface area is 137 Å². The van der Waals surface area contributed by atoms with Crippen molar-refractivity contribution < 1.29 is 19.4 Å². The fourth-order valence-electron chi connectivity index (χ4n) is 3.03. The molecule has 0 bridgehead atoms. The lowest BCUT2D eigenvalue weighted by Gasteiger charge is -2.35. The van der Waals surface area contributed by atoms with E-state index in [0.717, 1.165) is 24.8 Å². The second-order valence-corrected chi connectivity index (χ2v) is 5.79. The molecule has 5 heteroatoms. The Balaban J connectivity index is 2.12. The van der Waals surface area contributed by atoms with E-state index in [0.29, 0.717) is 25.1 Å². The number of aliphatic hydroxyl groups is 1. The number of aryl methyl sites for hydroxylation is 1. The molecule has 2 rings (SSSR count). The Kier molecular flexibility index (Phi) is 6.59. The molecule has 1 heterocycles. The molecule has 1 aromatic rings. The van der Waals surface area contributed by atoms with E-state index in [1.807, 2.05) is 18.2 Å². The Bertz CT molecular complexity index is 544. The first-order chi connectivity index (χ1) is 11.2. The van der Waals surface area contributed by atoms with Crippen LogP contribution in [-0.2, 0) is 16.0 Å². The van der Waals surface area contributed by atoms with E-state index in [2.05, 4.69) is 0 Å². The molecule has 0 aliphatic carbocycles. The van der Waals surface area contributed by atoms with Gasteiger partial charge in [-0.15, -0.1) is 0 Å². The number of rotatable bonds is 6. The monoisotopic (exact) mass is 319 g/mol. The van der Waals surface area contributed by atoms with Gasteiger partial charge in [-0.2, -0.15) is 0 Å². The van der Waals surface area contributed by atoms with Crippen molar-refractivity contribution in [3.63, 3.8) is 0 Å². The number of piperidine rings is 1. The summed E-state index contributed by atoms with van der Waals surface area (Å²) in [6, 6.07) is 7.28. The zero-order valence-electron chi connectivity index (χ0n) is 13.7. The number of hydrogen-bond acceptors (Lipinski definition) is 4. The molecule has 1 aliphatic rings. The molecule has 1 fully saturated rings. The minimum absolute atomic E-state index is 0.00324. The maximum atomic E-state index is 12.9.